The number of nitrogens with one attached hydrogen (secondary N) is 2. The van der Waals surface area contributed by atoms with Crippen LogP contribution in [0.4, 0.5) is 0 Å². The highest BCUT2D eigenvalue weighted by Gasteiger charge is 2.18. The number of rotatable bonds is 0. The van der Waals surface area contributed by atoms with E-state index in [1.165, 1.54) is 22.2 Å². The number of benzene rings is 1. The fourth-order valence-electron chi connectivity index (χ4n) is 2.29. The van der Waals surface area contributed by atoms with Crippen molar-refractivity contribution in [2.45, 2.75) is 25.9 Å². The molecule has 0 radical (unpaired) electrons. The van der Waals surface area contributed by atoms with Gasteiger partial charge in [-0.3, -0.25) is 0 Å². The van der Waals surface area contributed by atoms with Crippen LogP contribution in [0.5, 0.6) is 0 Å². The van der Waals surface area contributed by atoms with Crippen molar-refractivity contribution in [3.05, 3.63) is 35.5 Å². The molecule has 1 aliphatic rings. The normalized spacial score (nSPS) is 19.7. The van der Waals surface area contributed by atoms with Gasteiger partial charge in [0.25, 0.3) is 0 Å². The fourth-order valence-corrected chi connectivity index (χ4v) is 2.29. The maximum absolute atomic E-state index is 3.51. The second kappa shape index (κ2) is 3.87. The summed E-state index contributed by atoms with van der Waals surface area (Å²) in [5, 5.41) is 4.87. The van der Waals surface area contributed by atoms with Crippen LogP contribution in [-0.4, -0.2) is 11.0 Å². The van der Waals surface area contributed by atoms with Crippen molar-refractivity contribution in [2.24, 2.45) is 0 Å². The maximum Gasteiger partial charge on any atom is 0.0459 e. The van der Waals surface area contributed by atoms with E-state index in [2.05, 4.69) is 41.5 Å². The van der Waals surface area contributed by atoms with E-state index in [1.54, 1.807) is 0 Å². The zero-order valence-corrected chi connectivity index (χ0v) is 9.53. The van der Waals surface area contributed by atoms with Crippen LogP contribution in [-0.2, 0) is 13.0 Å². The van der Waals surface area contributed by atoms with Gasteiger partial charge in [-0.05, 0) is 18.6 Å². The highest BCUT2D eigenvalue weighted by Crippen LogP contribution is 2.25. The summed E-state index contributed by atoms with van der Waals surface area (Å²) in [6.07, 6.45) is 1.12. The first-order valence-electron chi connectivity index (χ1n) is 5.16. The van der Waals surface area contributed by atoms with Crippen LogP contribution >= 0.6 is 12.4 Å². The predicted octanol–water partition coefficient (Wildman–Crippen LogP) is 2.62. The van der Waals surface area contributed by atoms with Gasteiger partial charge in [0.2, 0.25) is 0 Å². The van der Waals surface area contributed by atoms with Crippen LogP contribution < -0.4 is 5.32 Å². The van der Waals surface area contributed by atoms with Crippen LogP contribution in [0, 0.1) is 0 Å². The SMILES string of the molecule is CC1Cc2[nH]c3ccccc3c2CN1.Cl. The summed E-state index contributed by atoms with van der Waals surface area (Å²) in [6, 6.07) is 9.13. The van der Waals surface area contributed by atoms with Gasteiger partial charge in [-0.15, -0.1) is 12.4 Å². The average molecular weight is 223 g/mol. The fraction of sp³-hybridized carbons (Fsp3) is 0.333. The van der Waals surface area contributed by atoms with E-state index in [0.29, 0.717) is 6.04 Å². The molecule has 0 bridgehead atoms. The summed E-state index contributed by atoms with van der Waals surface area (Å²) >= 11 is 0. The molecule has 2 heterocycles. The van der Waals surface area contributed by atoms with Gasteiger partial charge < -0.3 is 10.3 Å². The van der Waals surface area contributed by atoms with E-state index in [0.717, 1.165) is 13.0 Å². The summed E-state index contributed by atoms with van der Waals surface area (Å²) in [5.74, 6) is 0. The van der Waals surface area contributed by atoms with Crippen molar-refractivity contribution < 1.29 is 0 Å². The van der Waals surface area contributed by atoms with Gasteiger partial charge >= 0.3 is 0 Å². The lowest BCUT2D eigenvalue weighted by molar-refractivity contribution is 0.511. The Hall–Kier alpha value is -0.990. The molecule has 1 atom stereocenters. The molecule has 1 unspecified atom stereocenters. The molecule has 3 rings (SSSR count). The van der Waals surface area contributed by atoms with Gasteiger partial charge in [-0.1, -0.05) is 18.2 Å². The Morgan fingerprint density at radius 1 is 1.27 bits per heavy atom. The molecule has 2 nitrogen and oxygen atoms in total. The van der Waals surface area contributed by atoms with Gasteiger partial charge in [0.1, 0.15) is 0 Å². The second-order valence-electron chi connectivity index (χ2n) is 4.11. The molecular weight excluding hydrogens is 208 g/mol. The first-order valence-corrected chi connectivity index (χ1v) is 5.16. The van der Waals surface area contributed by atoms with Crippen LogP contribution in [0.3, 0.4) is 0 Å². The molecule has 2 aromatic rings. The second-order valence-corrected chi connectivity index (χ2v) is 4.11. The van der Waals surface area contributed by atoms with Crippen molar-refractivity contribution in [1.82, 2.24) is 10.3 Å². The third-order valence-electron chi connectivity index (χ3n) is 3.04. The van der Waals surface area contributed by atoms with Gasteiger partial charge in [0.05, 0.1) is 0 Å². The van der Waals surface area contributed by atoms with Crippen LogP contribution in [0.2, 0.25) is 0 Å². The Morgan fingerprint density at radius 2 is 2.07 bits per heavy atom. The van der Waals surface area contributed by atoms with Crippen molar-refractivity contribution >= 4 is 23.3 Å². The summed E-state index contributed by atoms with van der Waals surface area (Å²) in [4.78, 5) is 3.51. The molecule has 1 aromatic heterocycles. The Kier molecular flexibility index (Phi) is 2.72. The van der Waals surface area contributed by atoms with Crippen molar-refractivity contribution in [3.63, 3.8) is 0 Å². The standard InChI is InChI=1S/C12H14N2.ClH/c1-8-6-12-10(7-13-8)9-4-2-3-5-11(9)14-12;/h2-5,8,13-14H,6-7H2,1H3;1H. The van der Waals surface area contributed by atoms with Gasteiger partial charge in [0.15, 0.2) is 0 Å². The number of hydrogen-bond donors (Lipinski definition) is 2. The van der Waals surface area contributed by atoms with E-state index in [9.17, 15) is 0 Å². The zero-order valence-electron chi connectivity index (χ0n) is 8.71. The zero-order chi connectivity index (χ0) is 9.54. The van der Waals surface area contributed by atoms with E-state index in [1.807, 2.05) is 0 Å². The van der Waals surface area contributed by atoms with Gasteiger partial charge in [0, 0.05) is 35.6 Å². The molecule has 0 saturated heterocycles. The van der Waals surface area contributed by atoms with E-state index < -0.39 is 0 Å². The molecule has 1 aromatic carbocycles. The molecule has 3 heteroatoms. The summed E-state index contributed by atoms with van der Waals surface area (Å²) in [6.45, 7) is 3.23. The van der Waals surface area contributed by atoms with Crippen molar-refractivity contribution in [3.8, 4) is 0 Å². The Morgan fingerprint density at radius 3 is 2.93 bits per heavy atom. The molecule has 1 aliphatic heterocycles. The number of aromatic amines is 1. The number of hydrogen-bond acceptors (Lipinski definition) is 1. The number of H-pyrrole nitrogens is 1. The lowest BCUT2D eigenvalue weighted by Crippen LogP contribution is -2.32. The van der Waals surface area contributed by atoms with Gasteiger partial charge in [-0.2, -0.15) is 0 Å². The lowest BCUT2D eigenvalue weighted by atomic mass is 10.0. The largest absolute Gasteiger partial charge is 0.358 e. The quantitative estimate of drug-likeness (QED) is 0.705. The highest BCUT2D eigenvalue weighted by atomic mass is 35.5. The summed E-state index contributed by atoms with van der Waals surface area (Å²) in [5.41, 5.74) is 4.14. The topological polar surface area (TPSA) is 27.8 Å². The highest BCUT2D eigenvalue weighted by molar-refractivity contribution is 5.85. The molecule has 15 heavy (non-hydrogen) atoms. The number of fused-ring (bicyclic) bond motifs is 3. The number of aromatic nitrogens is 1. The van der Waals surface area contributed by atoms with Crippen LogP contribution in [0.1, 0.15) is 18.2 Å². The molecule has 0 saturated carbocycles. The lowest BCUT2D eigenvalue weighted by Gasteiger charge is -2.20. The van der Waals surface area contributed by atoms with Crippen LogP contribution in [0.25, 0.3) is 10.9 Å². The summed E-state index contributed by atoms with van der Waals surface area (Å²) < 4.78 is 0. The monoisotopic (exact) mass is 222 g/mol. The minimum absolute atomic E-state index is 0. The number of halogens is 1. The van der Waals surface area contributed by atoms with E-state index in [4.69, 9.17) is 0 Å². The van der Waals surface area contributed by atoms with Crippen molar-refractivity contribution in [1.29, 1.82) is 0 Å². The molecule has 2 N–H and O–H groups in total. The average Bonchev–Trinajstić information content (AvgIpc) is 2.54. The number of para-hydroxylation sites is 1. The smallest absolute Gasteiger partial charge is 0.0459 e. The Labute approximate surface area is 95.5 Å². The molecule has 0 fully saturated rings. The molecular formula is C12H15ClN2. The molecule has 0 aliphatic carbocycles. The van der Waals surface area contributed by atoms with Crippen molar-refractivity contribution in [2.75, 3.05) is 0 Å². The van der Waals surface area contributed by atoms with Gasteiger partial charge in [-0.25, -0.2) is 0 Å². The molecule has 0 amide bonds. The predicted molar refractivity (Wildman–Crippen MR) is 65.6 cm³/mol. The first kappa shape index (κ1) is 10.5. The first-order chi connectivity index (χ1) is 6.84. The summed E-state index contributed by atoms with van der Waals surface area (Å²) in [7, 11) is 0. The third kappa shape index (κ3) is 1.64. The maximum atomic E-state index is 3.51. The third-order valence-corrected chi connectivity index (χ3v) is 3.04. The molecule has 0 spiro atoms. The van der Waals surface area contributed by atoms with E-state index >= 15 is 0 Å². The molecule has 80 valence electrons. The minimum Gasteiger partial charge on any atom is -0.358 e. The minimum atomic E-state index is 0. The van der Waals surface area contributed by atoms with Crippen LogP contribution in [0.15, 0.2) is 24.3 Å². The Balaban J connectivity index is 0.000000853. The Bertz CT molecular complexity index is 475. The van der Waals surface area contributed by atoms with E-state index in [-0.39, 0.29) is 12.4 Å².